The zero-order valence-electron chi connectivity index (χ0n) is 17.9. The monoisotopic (exact) mass is 401 g/mol. The number of carbonyl (C=O) groups is 1. The fourth-order valence-electron chi connectivity index (χ4n) is 3.67. The number of benzene rings is 3. The molecule has 0 aromatic heterocycles. The zero-order valence-corrected chi connectivity index (χ0v) is 17.9. The van der Waals surface area contributed by atoms with Gasteiger partial charge in [-0.05, 0) is 22.6 Å². The smallest absolute Gasteiger partial charge is 0.323 e. The molecular weight excluding hydrogens is 370 g/mol. The highest BCUT2D eigenvalue weighted by atomic mass is 16.5. The van der Waals surface area contributed by atoms with E-state index in [0.717, 1.165) is 12.0 Å². The second-order valence-electron chi connectivity index (χ2n) is 7.80. The number of rotatable bonds is 10. The Kier molecular flexibility index (Phi) is 8.22. The molecule has 0 N–H and O–H groups in total. The van der Waals surface area contributed by atoms with Crippen molar-refractivity contribution < 1.29 is 9.53 Å². The third-order valence-corrected chi connectivity index (χ3v) is 5.50. The van der Waals surface area contributed by atoms with Gasteiger partial charge in [0.1, 0.15) is 12.6 Å². The van der Waals surface area contributed by atoms with Crippen molar-refractivity contribution in [3.05, 3.63) is 108 Å². The van der Waals surface area contributed by atoms with E-state index in [-0.39, 0.29) is 17.9 Å². The molecular formula is C27H31NO2. The lowest BCUT2D eigenvalue weighted by Gasteiger charge is -2.34. The Morgan fingerprint density at radius 2 is 1.20 bits per heavy atom. The summed E-state index contributed by atoms with van der Waals surface area (Å²) in [5, 5.41) is 0. The van der Waals surface area contributed by atoms with E-state index >= 15 is 0 Å². The molecule has 0 aliphatic carbocycles. The van der Waals surface area contributed by atoms with Crippen molar-refractivity contribution in [2.75, 3.05) is 0 Å². The van der Waals surface area contributed by atoms with Gasteiger partial charge in [0.05, 0.1) is 0 Å². The van der Waals surface area contributed by atoms with Crippen LogP contribution in [0, 0.1) is 5.92 Å². The van der Waals surface area contributed by atoms with E-state index in [0.29, 0.717) is 19.7 Å². The highest BCUT2D eigenvalue weighted by Gasteiger charge is 2.32. The Balaban J connectivity index is 1.82. The molecule has 0 heterocycles. The van der Waals surface area contributed by atoms with Crippen LogP contribution in [0.4, 0.5) is 0 Å². The van der Waals surface area contributed by atoms with Crippen LogP contribution >= 0.6 is 0 Å². The summed E-state index contributed by atoms with van der Waals surface area (Å²) in [7, 11) is 0. The Bertz CT molecular complexity index is 839. The van der Waals surface area contributed by atoms with Crippen molar-refractivity contribution in [1.29, 1.82) is 0 Å². The van der Waals surface area contributed by atoms with E-state index in [2.05, 4.69) is 43.0 Å². The first-order chi connectivity index (χ1) is 14.7. The highest BCUT2D eigenvalue weighted by Crippen LogP contribution is 2.22. The molecule has 0 unspecified atom stereocenters. The van der Waals surface area contributed by atoms with Crippen LogP contribution in [0.5, 0.6) is 0 Å². The van der Waals surface area contributed by atoms with Crippen LogP contribution in [0.3, 0.4) is 0 Å². The summed E-state index contributed by atoms with van der Waals surface area (Å²) in [6.07, 6.45) is 0.908. The lowest BCUT2D eigenvalue weighted by molar-refractivity contribution is -0.154. The van der Waals surface area contributed by atoms with Crippen molar-refractivity contribution in [2.24, 2.45) is 5.92 Å². The first-order valence-electron chi connectivity index (χ1n) is 10.7. The fourth-order valence-corrected chi connectivity index (χ4v) is 3.67. The number of carbonyl (C=O) groups excluding carboxylic acids is 1. The number of hydrogen-bond donors (Lipinski definition) is 0. The van der Waals surface area contributed by atoms with Crippen molar-refractivity contribution in [3.63, 3.8) is 0 Å². The molecule has 0 bridgehead atoms. The van der Waals surface area contributed by atoms with E-state index in [4.69, 9.17) is 4.74 Å². The lowest BCUT2D eigenvalue weighted by Crippen LogP contribution is -2.45. The molecule has 0 saturated heterocycles. The number of esters is 1. The number of nitrogens with zero attached hydrogens (tertiary/aromatic N) is 1. The first-order valence-corrected chi connectivity index (χ1v) is 10.7. The van der Waals surface area contributed by atoms with Gasteiger partial charge in [0.2, 0.25) is 0 Å². The standard InChI is InChI=1S/C27H31NO2/c1-3-22(2)26(27(29)30-21-25-17-11-6-12-18-25)28(19-23-13-7-4-8-14-23)20-24-15-9-5-10-16-24/h4-18,22,26H,3,19-21H2,1-2H3/t22-,26-/m0/s1. The normalized spacial score (nSPS) is 13.0. The van der Waals surface area contributed by atoms with E-state index in [1.807, 2.05) is 66.7 Å². The van der Waals surface area contributed by atoms with Gasteiger partial charge >= 0.3 is 5.97 Å². The molecule has 3 heteroatoms. The van der Waals surface area contributed by atoms with Crippen LogP contribution in [0.15, 0.2) is 91.0 Å². The molecule has 0 spiro atoms. The minimum absolute atomic E-state index is 0.153. The average molecular weight is 402 g/mol. The molecule has 3 aromatic rings. The molecule has 0 saturated carbocycles. The molecule has 156 valence electrons. The van der Waals surface area contributed by atoms with Gasteiger partial charge in [0.25, 0.3) is 0 Å². The Morgan fingerprint density at radius 3 is 1.63 bits per heavy atom. The van der Waals surface area contributed by atoms with Gasteiger partial charge in [-0.2, -0.15) is 0 Å². The fraction of sp³-hybridized carbons (Fsp3) is 0.296. The molecule has 3 aromatic carbocycles. The summed E-state index contributed by atoms with van der Waals surface area (Å²) < 4.78 is 5.79. The minimum atomic E-state index is -0.306. The lowest BCUT2D eigenvalue weighted by atomic mass is 9.96. The number of hydrogen-bond acceptors (Lipinski definition) is 3. The van der Waals surface area contributed by atoms with E-state index in [9.17, 15) is 4.79 Å². The maximum Gasteiger partial charge on any atom is 0.323 e. The third-order valence-electron chi connectivity index (χ3n) is 5.50. The summed E-state index contributed by atoms with van der Waals surface area (Å²) >= 11 is 0. The predicted molar refractivity (Wildman–Crippen MR) is 122 cm³/mol. The summed E-state index contributed by atoms with van der Waals surface area (Å²) in [6.45, 7) is 5.97. The summed E-state index contributed by atoms with van der Waals surface area (Å²) in [6, 6.07) is 30.2. The molecule has 3 nitrogen and oxygen atoms in total. The number of ether oxygens (including phenoxy) is 1. The van der Waals surface area contributed by atoms with Crippen LogP contribution in [0.2, 0.25) is 0 Å². The van der Waals surface area contributed by atoms with Crippen LogP contribution in [-0.4, -0.2) is 16.9 Å². The van der Waals surface area contributed by atoms with E-state index < -0.39 is 0 Å². The first kappa shape index (κ1) is 21.8. The Hall–Kier alpha value is -2.91. The molecule has 3 rings (SSSR count). The summed E-state index contributed by atoms with van der Waals surface area (Å²) in [4.78, 5) is 15.5. The molecule has 2 atom stereocenters. The molecule has 0 amide bonds. The Morgan fingerprint density at radius 1 is 0.767 bits per heavy atom. The van der Waals surface area contributed by atoms with Gasteiger partial charge in [-0.1, -0.05) is 111 Å². The molecule has 30 heavy (non-hydrogen) atoms. The van der Waals surface area contributed by atoms with Crippen molar-refractivity contribution in [2.45, 2.75) is 46.0 Å². The topological polar surface area (TPSA) is 29.5 Å². The minimum Gasteiger partial charge on any atom is -0.460 e. The van der Waals surface area contributed by atoms with Crippen molar-refractivity contribution >= 4 is 5.97 Å². The Labute approximate surface area is 180 Å². The summed E-state index contributed by atoms with van der Waals surface area (Å²) in [5.74, 6) is 0.0285. The van der Waals surface area contributed by atoms with Gasteiger partial charge < -0.3 is 4.74 Å². The molecule has 0 aliphatic rings. The van der Waals surface area contributed by atoms with Gasteiger partial charge in [-0.15, -0.1) is 0 Å². The predicted octanol–water partition coefficient (Wildman–Crippen LogP) is 5.85. The van der Waals surface area contributed by atoms with E-state index in [1.54, 1.807) is 0 Å². The van der Waals surface area contributed by atoms with Gasteiger partial charge in [-0.3, -0.25) is 9.69 Å². The maximum atomic E-state index is 13.3. The molecule has 0 fully saturated rings. The second-order valence-corrected chi connectivity index (χ2v) is 7.80. The molecule has 0 aliphatic heterocycles. The summed E-state index contributed by atoms with van der Waals surface area (Å²) in [5.41, 5.74) is 3.39. The van der Waals surface area contributed by atoms with Crippen molar-refractivity contribution in [3.8, 4) is 0 Å². The second kappa shape index (κ2) is 11.3. The van der Waals surface area contributed by atoms with Gasteiger partial charge in [0, 0.05) is 13.1 Å². The maximum absolute atomic E-state index is 13.3. The SMILES string of the molecule is CC[C@H](C)[C@@H](C(=O)OCc1ccccc1)N(Cc1ccccc1)Cc1ccccc1. The third kappa shape index (κ3) is 6.30. The quantitative estimate of drug-likeness (QED) is 0.399. The van der Waals surface area contributed by atoms with Gasteiger partial charge in [0.15, 0.2) is 0 Å². The highest BCUT2D eigenvalue weighted by molar-refractivity contribution is 5.76. The van der Waals surface area contributed by atoms with Gasteiger partial charge in [-0.25, -0.2) is 0 Å². The molecule has 0 radical (unpaired) electrons. The van der Waals surface area contributed by atoms with Crippen LogP contribution in [0.1, 0.15) is 37.0 Å². The van der Waals surface area contributed by atoms with Crippen LogP contribution < -0.4 is 0 Å². The van der Waals surface area contributed by atoms with Crippen molar-refractivity contribution in [1.82, 2.24) is 4.90 Å². The average Bonchev–Trinajstić information content (AvgIpc) is 2.79. The largest absolute Gasteiger partial charge is 0.460 e. The zero-order chi connectivity index (χ0) is 21.2. The van der Waals surface area contributed by atoms with Crippen LogP contribution in [0.25, 0.3) is 0 Å². The van der Waals surface area contributed by atoms with Crippen LogP contribution in [-0.2, 0) is 29.2 Å². The van der Waals surface area contributed by atoms with E-state index in [1.165, 1.54) is 11.1 Å².